The van der Waals surface area contributed by atoms with Crippen LogP contribution in [0, 0.1) is 11.8 Å². The lowest BCUT2D eigenvalue weighted by molar-refractivity contribution is -0.137. The molecule has 1 aromatic carbocycles. The average molecular weight is 489 g/mol. The number of nitrogens with one attached hydrogen (secondary N) is 2. The number of allylic oxidation sites excluding steroid dienone is 2. The van der Waals surface area contributed by atoms with E-state index in [1.807, 2.05) is 36.4 Å². The first-order valence-electron chi connectivity index (χ1n) is 11.9. The van der Waals surface area contributed by atoms with Crippen molar-refractivity contribution in [2.75, 3.05) is 18.8 Å². The summed E-state index contributed by atoms with van der Waals surface area (Å²) in [5.74, 6) is 0.352. The van der Waals surface area contributed by atoms with Crippen LogP contribution in [0.25, 0.3) is 0 Å². The maximum atomic E-state index is 12.3. The zero-order valence-electron chi connectivity index (χ0n) is 19.1. The third-order valence-corrected chi connectivity index (χ3v) is 7.58. The van der Waals surface area contributed by atoms with Crippen molar-refractivity contribution in [3.05, 3.63) is 48.0 Å². The Morgan fingerprint density at radius 3 is 2.44 bits per heavy atom. The van der Waals surface area contributed by atoms with Gasteiger partial charge in [0.15, 0.2) is 0 Å². The highest BCUT2D eigenvalue weighted by atomic mass is 32.2. The van der Waals surface area contributed by atoms with Gasteiger partial charge in [-0.2, -0.15) is 0 Å². The molecule has 3 aliphatic heterocycles. The Kier molecular flexibility index (Phi) is 8.64. The van der Waals surface area contributed by atoms with Gasteiger partial charge in [0.1, 0.15) is 12.2 Å². The van der Waals surface area contributed by atoms with Crippen LogP contribution in [-0.4, -0.2) is 66.1 Å². The molecule has 8 nitrogen and oxygen atoms in total. The van der Waals surface area contributed by atoms with Gasteiger partial charge in [0.05, 0.1) is 24.5 Å². The first kappa shape index (κ1) is 24.8. The molecule has 3 N–H and O–H groups in total. The van der Waals surface area contributed by atoms with Crippen LogP contribution in [0.1, 0.15) is 31.2 Å². The number of carboxylic acid groups (broad SMARTS) is 1. The zero-order valence-corrected chi connectivity index (χ0v) is 19.9. The fraction of sp³-hybridized carbons (Fsp3) is 0.560. The van der Waals surface area contributed by atoms with Gasteiger partial charge in [0, 0.05) is 24.6 Å². The number of hydrogen-bond acceptors (Lipinski definition) is 6. The summed E-state index contributed by atoms with van der Waals surface area (Å²) in [5.41, 5.74) is 1.16. The number of carbonyl (C=O) groups is 3. The molecule has 4 rings (SSSR count). The first-order valence-corrected chi connectivity index (χ1v) is 13.0. The summed E-state index contributed by atoms with van der Waals surface area (Å²) < 4.78 is 11.9. The normalized spacial score (nSPS) is 28.6. The lowest BCUT2D eigenvalue weighted by Crippen LogP contribution is -2.44. The lowest BCUT2D eigenvalue weighted by Gasteiger charge is -2.25. The van der Waals surface area contributed by atoms with Crippen molar-refractivity contribution < 1.29 is 29.0 Å². The number of epoxide rings is 1. The third-order valence-electron chi connectivity index (χ3n) is 6.58. The average Bonchev–Trinajstić information content (AvgIpc) is 3.45. The minimum absolute atomic E-state index is 0.00434. The molecule has 6 unspecified atom stereocenters. The maximum Gasteiger partial charge on any atom is 0.303 e. The largest absolute Gasteiger partial charge is 0.481 e. The molecule has 2 bridgehead atoms. The summed E-state index contributed by atoms with van der Waals surface area (Å²) in [6.45, 7) is 0.450. The molecule has 3 aliphatic rings. The Hall–Kier alpha value is -2.36. The molecule has 0 spiro atoms. The van der Waals surface area contributed by atoms with Gasteiger partial charge in [0.25, 0.3) is 0 Å². The van der Waals surface area contributed by atoms with Crippen LogP contribution < -0.4 is 10.6 Å². The van der Waals surface area contributed by atoms with Crippen molar-refractivity contribution in [1.29, 1.82) is 0 Å². The van der Waals surface area contributed by atoms with E-state index in [9.17, 15) is 14.4 Å². The quantitative estimate of drug-likeness (QED) is 0.209. The highest BCUT2D eigenvalue weighted by Crippen LogP contribution is 2.54. The highest BCUT2D eigenvalue weighted by Gasteiger charge is 2.68. The summed E-state index contributed by atoms with van der Waals surface area (Å²) in [6, 6.07) is 9.95. The van der Waals surface area contributed by atoms with Gasteiger partial charge in [0.2, 0.25) is 11.8 Å². The Morgan fingerprint density at radius 2 is 1.68 bits per heavy atom. The van der Waals surface area contributed by atoms with E-state index in [4.69, 9.17) is 14.6 Å². The molecule has 0 aliphatic carbocycles. The van der Waals surface area contributed by atoms with E-state index in [-0.39, 0.29) is 61.0 Å². The molecule has 0 aromatic heterocycles. The number of carbonyl (C=O) groups excluding carboxylic acids is 2. The Bertz CT molecular complexity index is 895. The topological polar surface area (TPSA) is 117 Å². The fourth-order valence-electron chi connectivity index (χ4n) is 4.86. The molecule has 3 fully saturated rings. The second-order valence-electron chi connectivity index (χ2n) is 9.01. The molecule has 1 aromatic rings. The smallest absolute Gasteiger partial charge is 0.303 e. The van der Waals surface area contributed by atoms with Crippen molar-refractivity contribution in [3.63, 3.8) is 0 Å². The highest BCUT2D eigenvalue weighted by molar-refractivity contribution is 7.99. The zero-order chi connectivity index (χ0) is 23.9. The van der Waals surface area contributed by atoms with E-state index in [1.165, 1.54) is 11.8 Å². The molecule has 184 valence electrons. The Morgan fingerprint density at radius 1 is 0.941 bits per heavy atom. The minimum Gasteiger partial charge on any atom is -0.481 e. The number of hydrogen-bond donors (Lipinski definition) is 3. The van der Waals surface area contributed by atoms with Crippen LogP contribution in [-0.2, 0) is 29.6 Å². The lowest BCUT2D eigenvalue weighted by atomic mass is 9.77. The molecule has 34 heavy (non-hydrogen) atoms. The van der Waals surface area contributed by atoms with Gasteiger partial charge in [-0.05, 0) is 30.7 Å². The van der Waals surface area contributed by atoms with Gasteiger partial charge in [-0.15, -0.1) is 11.8 Å². The number of benzene rings is 1. The molecule has 3 heterocycles. The number of aliphatic carboxylic acids is 1. The van der Waals surface area contributed by atoms with Crippen LogP contribution in [0.2, 0.25) is 0 Å². The Labute approximate surface area is 203 Å². The first-order chi connectivity index (χ1) is 16.5. The number of carboxylic acids is 1. The van der Waals surface area contributed by atoms with Crippen LogP contribution >= 0.6 is 11.8 Å². The summed E-state index contributed by atoms with van der Waals surface area (Å²) in [7, 11) is 0. The van der Waals surface area contributed by atoms with E-state index in [1.54, 1.807) is 0 Å². The fourth-order valence-corrected chi connectivity index (χ4v) is 5.67. The van der Waals surface area contributed by atoms with Crippen molar-refractivity contribution in [2.24, 2.45) is 11.8 Å². The van der Waals surface area contributed by atoms with Gasteiger partial charge in [-0.1, -0.05) is 42.5 Å². The predicted molar refractivity (Wildman–Crippen MR) is 128 cm³/mol. The van der Waals surface area contributed by atoms with Crippen molar-refractivity contribution in [1.82, 2.24) is 10.6 Å². The van der Waals surface area contributed by atoms with Gasteiger partial charge >= 0.3 is 5.97 Å². The molecule has 2 amide bonds. The molecule has 9 heteroatoms. The number of rotatable bonds is 14. The van der Waals surface area contributed by atoms with Crippen molar-refractivity contribution in [3.8, 4) is 0 Å². The van der Waals surface area contributed by atoms with Crippen LogP contribution in [0.4, 0.5) is 0 Å². The van der Waals surface area contributed by atoms with Gasteiger partial charge < -0.3 is 25.2 Å². The van der Waals surface area contributed by atoms with Gasteiger partial charge in [-0.25, -0.2) is 0 Å². The molecule has 0 saturated carbocycles. The standard InChI is InChI=1S/C25H32N2O6S/c28-19(13-27-20(29)15-34-14-16-8-4-3-5-9-16)26-12-18-17(10-6-1-2-7-11-21(30)31)22-24-25(33-24)23(18)32-22/h1,3-6,8-9,17-18,22-25H,2,7,10-15H2,(H,26,28)(H,27,29)(H,30,31)/b6-1-. The molecular weight excluding hydrogens is 456 g/mol. The maximum absolute atomic E-state index is 12.3. The summed E-state index contributed by atoms with van der Waals surface area (Å²) in [4.78, 5) is 35.0. The number of unbranched alkanes of at least 4 members (excludes halogenated alkanes) is 1. The van der Waals surface area contributed by atoms with E-state index < -0.39 is 5.97 Å². The molecular formula is C25H32N2O6S. The number of ether oxygens (including phenoxy) is 2. The minimum atomic E-state index is -0.773. The molecule has 3 saturated heterocycles. The van der Waals surface area contributed by atoms with E-state index in [0.717, 1.165) is 24.2 Å². The summed E-state index contributed by atoms with van der Waals surface area (Å²) in [5, 5.41) is 14.4. The molecule has 6 atom stereocenters. The number of fused-ring (bicyclic) bond motifs is 5. The monoisotopic (exact) mass is 488 g/mol. The third kappa shape index (κ3) is 6.61. The second kappa shape index (κ2) is 11.9. The predicted octanol–water partition coefficient (Wildman–Crippen LogP) is 2.13. The second-order valence-corrected chi connectivity index (χ2v) is 10.00. The summed E-state index contributed by atoms with van der Waals surface area (Å²) >= 11 is 1.52. The van der Waals surface area contributed by atoms with Crippen molar-refractivity contribution >= 4 is 29.5 Å². The van der Waals surface area contributed by atoms with E-state index in [2.05, 4.69) is 16.7 Å². The van der Waals surface area contributed by atoms with E-state index in [0.29, 0.717) is 18.7 Å². The number of amides is 2. The SMILES string of the molecule is O=C(O)CCC/C=C\CC1C(CNC(=O)CNC(=O)CSCc2ccccc2)C2OC1C1OC21. The summed E-state index contributed by atoms with van der Waals surface area (Å²) in [6.07, 6.45) is 6.86. The van der Waals surface area contributed by atoms with Crippen LogP contribution in [0.5, 0.6) is 0 Å². The van der Waals surface area contributed by atoms with Gasteiger partial charge in [-0.3, -0.25) is 14.4 Å². The Balaban J connectivity index is 1.14. The molecule has 0 radical (unpaired) electrons. The van der Waals surface area contributed by atoms with Crippen molar-refractivity contribution in [2.45, 2.75) is 55.9 Å². The van der Waals surface area contributed by atoms with Crippen LogP contribution in [0.15, 0.2) is 42.5 Å². The number of thioether (sulfide) groups is 1. The van der Waals surface area contributed by atoms with E-state index >= 15 is 0 Å². The van der Waals surface area contributed by atoms with Crippen LogP contribution in [0.3, 0.4) is 0 Å².